The molecule has 2 N–H and O–H groups in total. The Labute approximate surface area is 131 Å². The summed E-state index contributed by atoms with van der Waals surface area (Å²) in [6.07, 6.45) is 0. The fourth-order valence-corrected chi connectivity index (χ4v) is 1.75. The van der Waals surface area contributed by atoms with Gasteiger partial charge in [-0.15, -0.1) is 0 Å². The zero-order chi connectivity index (χ0) is 16.8. The molecule has 0 aliphatic heterocycles. The zero-order valence-corrected chi connectivity index (χ0v) is 13.8. The predicted octanol–water partition coefficient (Wildman–Crippen LogP) is 1.67. The number of hydrogen-bond donors (Lipinski definition) is 2. The molecule has 1 aromatic carbocycles. The molecule has 0 aliphatic rings. The average molecular weight is 311 g/mol. The summed E-state index contributed by atoms with van der Waals surface area (Å²) in [6.45, 7) is 4.99. The van der Waals surface area contributed by atoms with Gasteiger partial charge in [-0.05, 0) is 45.6 Å². The third-order valence-corrected chi connectivity index (χ3v) is 3.83. The van der Waals surface area contributed by atoms with Crippen molar-refractivity contribution < 1.29 is 14.3 Å². The third kappa shape index (κ3) is 5.61. The molecule has 0 aliphatic carbocycles. The Hall–Kier alpha value is -1.66. The number of likely N-dealkylation sites (N-methyl/N-ethyl adjacent to an activating group) is 1. The number of urea groups is 1. The number of nitrogens with one attached hydrogen (secondary N) is 1. The molecule has 0 heterocycles. The fraction of sp³-hybridized carbons (Fsp3) is 0.562. The maximum absolute atomic E-state index is 12.9. The first-order chi connectivity index (χ1) is 10.3. The maximum atomic E-state index is 12.9. The first-order valence-corrected chi connectivity index (χ1v) is 7.32. The molecular formula is C16H26FN3O2. The average Bonchev–Trinajstić information content (AvgIpc) is 2.46. The van der Waals surface area contributed by atoms with Crippen molar-refractivity contribution in [2.75, 3.05) is 33.8 Å². The summed E-state index contributed by atoms with van der Waals surface area (Å²) in [4.78, 5) is 15.8. The number of hydrogen-bond acceptors (Lipinski definition) is 3. The minimum absolute atomic E-state index is 0.119. The van der Waals surface area contributed by atoms with Gasteiger partial charge in [-0.25, -0.2) is 9.18 Å². The molecule has 0 aromatic heterocycles. The fourth-order valence-electron chi connectivity index (χ4n) is 1.75. The van der Waals surface area contributed by atoms with E-state index in [2.05, 4.69) is 5.32 Å². The van der Waals surface area contributed by atoms with Crippen LogP contribution >= 0.6 is 0 Å². The Bertz CT molecular complexity index is 475. The second-order valence-corrected chi connectivity index (χ2v) is 6.14. The van der Waals surface area contributed by atoms with Gasteiger partial charge in [-0.3, -0.25) is 0 Å². The molecule has 0 atom stereocenters. The van der Waals surface area contributed by atoms with Gasteiger partial charge in [-0.1, -0.05) is 12.1 Å². The van der Waals surface area contributed by atoms with Crippen molar-refractivity contribution >= 4 is 6.03 Å². The van der Waals surface area contributed by atoms with Crippen molar-refractivity contribution in [3.05, 3.63) is 35.6 Å². The monoisotopic (exact) mass is 311 g/mol. The van der Waals surface area contributed by atoms with Gasteiger partial charge in [0.2, 0.25) is 0 Å². The normalized spacial score (nSPS) is 11.6. The van der Waals surface area contributed by atoms with Gasteiger partial charge in [0.1, 0.15) is 5.82 Å². The van der Waals surface area contributed by atoms with Crippen molar-refractivity contribution in [3.8, 4) is 0 Å². The van der Waals surface area contributed by atoms with Crippen molar-refractivity contribution in [2.45, 2.75) is 25.9 Å². The van der Waals surface area contributed by atoms with Gasteiger partial charge in [0.05, 0.1) is 6.61 Å². The number of carbonyl (C=O) groups is 1. The minimum atomic E-state index is -0.311. The van der Waals surface area contributed by atoms with Crippen LogP contribution in [0.25, 0.3) is 0 Å². The highest BCUT2D eigenvalue weighted by molar-refractivity contribution is 5.74. The number of aliphatic hydroxyl groups is 1. The van der Waals surface area contributed by atoms with E-state index < -0.39 is 0 Å². The van der Waals surface area contributed by atoms with Crippen molar-refractivity contribution in [3.63, 3.8) is 0 Å². The SMILES string of the molecule is CN(C)C(C)(C)CNC(=O)N(CCO)Cc1ccc(F)cc1. The minimum Gasteiger partial charge on any atom is -0.395 e. The van der Waals surface area contributed by atoms with Crippen LogP contribution in [0.2, 0.25) is 0 Å². The number of aliphatic hydroxyl groups excluding tert-OH is 1. The molecule has 0 saturated heterocycles. The van der Waals surface area contributed by atoms with Crippen molar-refractivity contribution in [2.24, 2.45) is 0 Å². The van der Waals surface area contributed by atoms with Crippen LogP contribution in [-0.4, -0.2) is 60.3 Å². The molecule has 0 bridgehead atoms. The van der Waals surface area contributed by atoms with E-state index in [1.54, 1.807) is 12.1 Å². The van der Waals surface area contributed by atoms with E-state index in [-0.39, 0.29) is 30.5 Å². The topological polar surface area (TPSA) is 55.8 Å². The Morgan fingerprint density at radius 1 is 1.27 bits per heavy atom. The van der Waals surface area contributed by atoms with Crippen LogP contribution in [-0.2, 0) is 6.54 Å². The van der Waals surface area contributed by atoms with Crippen LogP contribution in [0.4, 0.5) is 9.18 Å². The van der Waals surface area contributed by atoms with Crippen LogP contribution in [0.3, 0.4) is 0 Å². The summed E-state index contributed by atoms with van der Waals surface area (Å²) in [7, 11) is 3.91. The van der Waals surface area contributed by atoms with Crippen LogP contribution < -0.4 is 5.32 Å². The zero-order valence-electron chi connectivity index (χ0n) is 13.8. The second-order valence-electron chi connectivity index (χ2n) is 6.14. The standard InChI is InChI=1S/C16H26FN3O2/c1-16(2,19(3)4)12-18-15(22)20(9-10-21)11-13-5-7-14(17)8-6-13/h5-8,21H,9-12H2,1-4H3,(H,18,22). The Morgan fingerprint density at radius 2 is 1.86 bits per heavy atom. The lowest BCUT2D eigenvalue weighted by atomic mass is 10.0. The van der Waals surface area contributed by atoms with E-state index in [0.717, 1.165) is 5.56 Å². The summed E-state index contributed by atoms with van der Waals surface area (Å²) in [5.41, 5.74) is 0.646. The molecule has 0 radical (unpaired) electrons. The number of rotatable bonds is 7. The van der Waals surface area contributed by atoms with E-state index in [1.165, 1.54) is 17.0 Å². The summed E-state index contributed by atoms with van der Waals surface area (Å²) in [5.74, 6) is -0.311. The predicted molar refractivity (Wildman–Crippen MR) is 85.1 cm³/mol. The van der Waals surface area contributed by atoms with Gasteiger partial charge in [0, 0.05) is 25.2 Å². The summed E-state index contributed by atoms with van der Waals surface area (Å²) < 4.78 is 12.9. The lowest BCUT2D eigenvalue weighted by Gasteiger charge is -2.33. The highest BCUT2D eigenvalue weighted by Gasteiger charge is 2.22. The smallest absolute Gasteiger partial charge is 0.317 e. The largest absolute Gasteiger partial charge is 0.395 e. The summed E-state index contributed by atoms with van der Waals surface area (Å²) in [5, 5.41) is 12.0. The number of halogens is 1. The number of benzene rings is 1. The lowest BCUT2D eigenvalue weighted by Crippen LogP contribution is -2.51. The van der Waals surface area contributed by atoms with E-state index >= 15 is 0 Å². The molecule has 22 heavy (non-hydrogen) atoms. The molecule has 1 aromatic rings. The van der Waals surface area contributed by atoms with Gasteiger partial charge in [0.25, 0.3) is 0 Å². The Kier molecular flexibility index (Phi) is 6.77. The molecule has 0 spiro atoms. The molecule has 0 unspecified atom stereocenters. The molecule has 6 heteroatoms. The Morgan fingerprint density at radius 3 is 2.36 bits per heavy atom. The maximum Gasteiger partial charge on any atom is 0.317 e. The van der Waals surface area contributed by atoms with Gasteiger partial charge in [-0.2, -0.15) is 0 Å². The number of nitrogens with zero attached hydrogens (tertiary/aromatic N) is 2. The van der Waals surface area contributed by atoms with E-state index in [0.29, 0.717) is 13.1 Å². The lowest BCUT2D eigenvalue weighted by molar-refractivity contribution is 0.157. The van der Waals surface area contributed by atoms with Crippen LogP contribution in [0.5, 0.6) is 0 Å². The molecule has 0 saturated carbocycles. The first kappa shape index (κ1) is 18.4. The first-order valence-electron chi connectivity index (χ1n) is 7.32. The quantitative estimate of drug-likeness (QED) is 0.805. The highest BCUT2D eigenvalue weighted by Crippen LogP contribution is 2.10. The second kappa shape index (κ2) is 8.10. The molecule has 124 valence electrons. The van der Waals surface area contributed by atoms with Crippen molar-refractivity contribution in [1.29, 1.82) is 0 Å². The molecule has 2 amide bonds. The van der Waals surface area contributed by atoms with Gasteiger partial charge >= 0.3 is 6.03 Å². The number of carbonyl (C=O) groups excluding carboxylic acids is 1. The van der Waals surface area contributed by atoms with E-state index in [4.69, 9.17) is 5.11 Å². The van der Waals surface area contributed by atoms with Gasteiger partial charge < -0.3 is 20.2 Å². The van der Waals surface area contributed by atoms with Crippen LogP contribution in [0.15, 0.2) is 24.3 Å². The Balaban J connectivity index is 2.65. The molecule has 1 rings (SSSR count). The van der Waals surface area contributed by atoms with E-state index in [9.17, 15) is 9.18 Å². The third-order valence-electron chi connectivity index (χ3n) is 3.83. The van der Waals surface area contributed by atoms with Crippen LogP contribution in [0.1, 0.15) is 19.4 Å². The molecule has 0 fully saturated rings. The summed E-state index contributed by atoms with van der Waals surface area (Å²) >= 11 is 0. The van der Waals surface area contributed by atoms with Crippen molar-refractivity contribution in [1.82, 2.24) is 15.1 Å². The number of amides is 2. The summed E-state index contributed by atoms with van der Waals surface area (Å²) in [6, 6.07) is 5.75. The molecule has 5 nitrogen and oxygen atoms in total. The highest BCUT2D eigenvalue weighted by atomic mass is 19.1. The molecular weight excluding hydrogens is 285 g/mol. The van der Waals surface area contributed by atoms with Gasteiger partial charge in [0.15, 0.2) is 0 Å². The van der Waals surface area contributed by atoms with Crippen LogP contribution in [0, 0.1) is 5.82 Å². The van der Waals surface area contributed by atoms with E-state index in [1.807, 2.05) is 32.8 Å².